The smallest absolute Gasteiger partial charge is 0.306 e. The van der Waals surface area contributed by atoms with Gasteiger partial charge in [-0.1, -0.05) is 98.1 Å². The lowest BCUT2D eigenvalue weighted by Crippen LogP contribution is -2.38. The standard InChI is InChI=1S/C38H60BrNO8/c1-5-29(15-12-20-32(41)19-10-9-13-27(2)23-28(3)38(46)47)14-11-16-30(26-48-4)21-22-34(43)35(44)24-33(42)25-40-37(45)36(39)31-17-7-6-8-18-31/h6-8,11,14,16-18,27-29,33-36,42-44H,5,9-10,12-13,15,19-26H2,1-4H3,(H,40,45)(H,46,47)/b14-11+,30-16-/t27-,28+,29+,33+,34-,35+,36?/m1/s1. The number of carbonyl (C=O) groups excluding carboxylic acids is 2. The highest BCUT2D eigenvalue weighted by atomic mass is 79.9. The van der Waals surface area contributed by atoms with Crippen LogP contribution in [0.3, 0.4) is 0 Å². The first-order chi connectivity index (χ1) is 22.9. The lowest BCUT2D eigenvalue weighted by molar-refractivity contribution is -0.141. The Balaban J connectivity index is 2.39. The van der Waals surface area contributed by atoms with Crippen molar-refractivity contribution in [2.45, 2.75) is 121 Å². The first kappa shape index (κ1) is 43.7. The minimum absolute atomic E-state index is 0.0414. The first-order valence-electron chi connectivity index (χ1n) is 17.5. The highest BCUT2D eigenvalue weighted by molar-refractivity contribution is 9.09. The topological polar surface area (TPSA) is 153 Å². The van der Waals surface area contributed by atoms with Crippen LogP contribution >= 0.6 is 15.9 Å². The molecule has 0 saturated carbocycles. The number of aliphatic hydroxyl groups is 3. The van der Waals surface area contributed by atoms with E-state index in [2.05, 4.69) is 41.2 Å². The number of aliphatic hydroxyl groups excluding tert-OH is 3. The quantitative estimate of drug-likeness (QED) is 0.0380. The second-order valence-electron chi connectivity index (χ2n) is 13.1. The summed E-state index contributed by atoms with van der Waals surface area (Å²) in [5.41, 5.74) is 1.76. The molecule has 0 aliphatic heterocycles. The monoisotopic (exact) mass is 737 g/mol. The molecule has 5 N–H and O–H groups in total. The summed E-state index contributed by atoms with van der Waals surface area (Å²) >= 11 is 3.36. The molecule has 0 saturated heterocycles. The van der Waals surface area contributed by atoms with Crippen molar-refractivity contribution in [3.63, 3.8) is 0 Å². The van der Waals surface area contributed by atoms with Crippen LogP contribution in [-0.2, 0) is 19.1 Å². The average Bonchev–Trinajstić information content (AvgIpc) is 3.06. The number of rotatable bonds is 27. The summed E-state index contributed by atoms with van der Waals surface area (Å²) in [5, 5.41) is 43.1. The Hall–Kier alpha value is -2.37. The fourth-order valence-electron chi connectivity index (χ4n) is 5.62. The number of halogens is 1. The van der Waals surface area contributed by atoms with Gasteiger partial charge in [0.1, 0.15) is 10.6 Å². The van der Waals surface area contributed by atoms with E-state index in [-0.39, 0.29) is 30.6 Å². The van der Waals surface area contributed by atoms with Gasteiger partial charge in [-0.3, -0.25) is 14.4 Å². The predicted octanol–water partition coefficient (Wildman–Crippen LogP) is 6.69. The lowest BCUT2D eigenvalue weighted by atomic mass is 9.92. The number of nitrogens with one attached hydrogen (secondary N) is 1. The van der Waals surface area contributed by atoms with E-state index in [4.69, 9.17) is 9.84 Å². The number of allylic oxidation sites excluding steroid dienone is 3. The maximum atomic E-state index is 12.4. The van der Waals surface area contributed by atoms with Crippen LogP contribution in [0.1, 0.15) is 108 Å². The molecule has 0 aromatic heterocycles. The van der Waals surface area contributed by atoms with Gasteiger partial charge in [0.2, 0.25) is 5.91 Å². The first-order valence-corrected chi connectivity index (χ1v) is 18.4. The van der Waals surface area contributed by atoms with Crippen molar-refractivity contribution in [1.29, 1.82) is 0 Å². The van der Waals surface area contributed by atoms with E-state index in [1.807, 2.05) is 42.5 Å². The maximum absolute atomic E-state index is 12.4. The Kier molecular flexibility index (Phi) is 23.3. The summed E-state index contributed by atoms with van der Waals surface area (Å²) in [6.07, 6.45) is 10.9. The van der Waals surface area contributed by atoms with E-state index in [0.29, 0.717) is 50.5 Å². The molecular formula is C38H60BrNO8. The van der Waals surface area contributed by atoms with Crippen LogP contribution in [0.5, 0.6) is 0 Å². The van der Waals surface area contributed by atoms with Crippen LogP contribution in [0.15, 0.2) is 54.1 Å². The highest BCUT2D eigenvalue weighted by Gasteiger charge is 2.22. The number of alkyl halides is 1. The third-order valence-corrected chi connectivity index (χ3v) is 9.68. The van der Waals surface area contributed by atoms with Gasteiger partial charge in [0.05, 0.1) is 30.8 Å². The number of ether oxygens (including phenoxy) is 1. The third kappa shape index (κ3) is 19.6. The van der Waals surface area contributed by atoms with Crippen molar-refractivity contribution < 1.29 is 39.5 Å². The molecule has 1 unspecified atom stereocenters. The number of Topliss-reactive ketones (excluding diaryl/α,β-unsaturated/α-hetero) is 1. The fourth-order valence-corrected chi connectivity index (χ4v) is 6.09. The summed E-state index contributed by atoms with van der Waals surface area (Å²) in [7, 11) is 1.61. The molecule has 1 amide bonds. The zero-order valence-corrected chi connectivity index (χ0v) is 30.9. The van der Waals surface area contributed by atoms with E-state index >= 15 is 0 Å². The van der Waals surface area contributed by atoms with Gasteiger partial charge in [-0.05, 0) is 67.9 Å². The molecule has 0 aliphatic rings. The van der Waals surface area contributed by atoms with Crippen molar-refractivity contribution in [1.82, 2.24) is 5.32 Å². The van der Waals surface area contributed by atoms with Gasteiger partial charge < -0.3 is 30.5 Å². The summed E-state index contributed by atoms with van der Waals surface area (Å²) < 4.78 is 5.33. The number of unbranched alkanes of at least 4 members (excludes halogenated alkanes) is 1. The normalized spacial score (nSPS) is 16.5. The fraction of sp³-hybridized carbons (Fsp3) is 0.658. The lowest BCUT2D eigenvalue weighted by Gasteiger charge is -2.22. The van der Waals surface area contributed by atoms with Gasteiger partial charge in [-0.15, -0.1) is 0 Å². The zero-order valence-electron chi connectivity index (χ0n) is 29.4. The second kappa shape index (κ2) is 25.6. The predicted molar refractivity (Wildman–Crippen MR) is 194 cm³/mol. The number of carboxylic acids is 1. The van der Waals surface area contributed by atoms with Crippen molar-refractivity contribution in [2.75, 3.05) is 20.3 Å². The van der Waals surface area contributed by atoms with E-state index in [9.17, 15) is 29.7 Å². The summed E-state index contributed by atoms with van der Waals surface area (Å²) in [5.74, 6) is -0.399. The van der Waals surface area contributed by atoms with Crippen molar-refractivity contribution in [2.24, 2.45) is 17.8 Å². The SMILES string of the molecule is CC[C@@H](/C=C/C=C(/CC[C@@H](O)[C@@H](O)C[C@H](O)CNC(=O)C(Br)c1ccccc1)COC)CCCC(=O)CCCC[C@@H](C)C[C@H](C)C(=O)O. The second-order valence-corrected chi connectivity index (χ2v) is 14.1. The number of hydrogen-bond donors (Lipinski definition) is 5. The molecule has 7 atom stereocenters. The minimum Gasteiger partial charge on any atom is -0.481 e. The van der Waals surface area contributed by atoms with E-state index in [1.165, 1.54) is 0 Å². The van der Waals surface area contributed by atoms with Crippen molar-refractivity contribution in [3.8, 4) is 0 Å². The molecule has 1 aromatic rings. The summed E-state index contributed by atoms with van der Waals surface area (Å²) in [6.45, 7) is 6.29. The number of ketones is 1. The average molecular weight is 739 g/mol. The molecule has 0 radical (unpaired) electrons. The van der Waals surface area contributed by atoms with Gasteiger partial charge in [0.15, 0.2) is 0 Å². The van der Waals surface area contributed by atoms with Gasteiger partial charge >= 0.3 is 5.97 Å². The molecule has 1 aromatic carbocycles. The molecule has 1 rings (SSSR count). The third-order valence-electron chi connectivity index (χ3n) is 8.73. The molecule has 0 fully saturated rings. The molecule has 0 spiro atoms. The van der Waals surface area contributed by atoms with Crippen molar-refractivity contribution in [3.05, 3.63) is 59.7 Å². The Morgan fingerprint density at radius 1 is 0.917 bits per heavy atom. The number of carbonyl (C=O) groups is 3. The highest BCUT2D eigenvalue weighted by Crippen LogP contribution is 2.23. The van der Waals surface area contributed by atoms with Crippen LogP contribution in [0.2, 0.25) is 0 Å². The number of amides is 1. The van der Waals surface area contributed by atoms with Crippen LogP contribution in [-0.4, -0.2) is 76.7 Å². The Morgan fingerprint density at radius 3 is 2.25 bits per heavy atom. The van der Waals surface area contributed by atoms with Gasteiger partial charge in [-0.2, -0.15) is 0 Å². The summed E-state index contributed by atoms with van der Waals surface area (Å²) in [4.78, 5) is 35.2. The van der Waals surface area contributed by atoms with Crippen molar-refractivity contribution >= 4 is 33.6 Å². The molecule has 10 heteroatoms. The number of benzene rings is 1. The Bertz CT molecular complexity index is 1110. The van der Waals surface area contributed by atoms with Crippen LogP contribution < -0.4 is 5.32 Å². The minimum atomic E-state index is -1.14. The molecule has 0 bridgehead atoms. The number of carboxylic acid groups (broad SMARTS) is 1. The van der Waals surface area contributed by atoms with Crippen LogP contribution in [0, 0.1) is 17.8 Å². The van der Waals surface area contributed by atoms with E-state index in [1.54, 1.807) is 14.0 Å². The van der Waals surface area contributed by atoms with Crippen LogP contribution in [0.4, 0.5) is 0 Å². The van der Waals surface area contributed by atoms with Crippen LogP contribution in [0.25, 0.3) is 0 Å². The van der Waals surface area contributed by atoms with Gasteiger partial charge in [0, 0.05) is 32.9 Å². The molecule has 48 heavy (non-hydrogen) atoms. The molecular weight excluding hydrogens is 678 g/mol. The Morgan fingerprint density at radius 2 is 1.60 bits per heavy atom. The molecule has 0 heterocycles. The molecule has 272 valence electrons. The Labute approximate surface area is 296 Å². The summed E-state index contributed by atoms with van der Waals surface area (Å²) in [6, 6.07) is 9.19. The van der Waals surface area contributed by atoms with Gasteiger partial charge in [0.25, 0.3) is 0 Å². The van der Waals surface area contributed by atoms with E-state index in [0.717, 1.165) is 49.7 Å². The largest absolute Gasteiger partial charge is 0.481 e. The molecule has 0 aliphatic carbocycles. The van der Waals surface area contributed by atoms with Gasteiger partial charge in [-0.25, -0.2) is 0 Å². The van der Waals surface area contributed by atoms with E-state index < -0.39 is 29.1 Å². The molecule has 9 nitrogen and oxygen atoms in total. The number of methoxy groups -OCH3 is 1. The number of hydrogen-bond acceptors (Lipinski definition) is 7. The maximum Gasteiger partial charge on any atom is 0.306 e. The number of aliphatic carboxylic acids is 1. The zero-order chi connectivity index (χ0) is 35.9.